The standard InChI is InChI=1S/C22H22F6N2O/c23-21(24,25)19(29)15-20(22(26,27)28)30-13-12-17-8-10-18(11-9-17)31-14-4-7-16-5-2-1-3-6-16/h1-3,5-6,8-11,15,29-30H,4,7,12-14H2/b20-15-,29-19?. The summed E-state index contributed by atoms with van der Waals surface area (Å²) in [6.07, 6.45) is -8.54. The molecule has 9 heteroatoms. The summed E-state index contributed by atoms with van der Waals surface area (Å²) in [5.41, 5.74) is -1.77. The van der Waals surface area contributed by atoms with Crippen molar-refractivity contribution in [2.24, 2.45) is 0 Å². The van der Waals surface area contributed by atoms with E-state index in [-0.39, 0.29) is 19.0 Å². The van der Waals surface area contributed by atoms with E-state index in [0.717, 1.165) is 12.8 Å². The van der Waals surface area contributed by atoms with E-state index in [1.807, 2.05) is 35.6 Å². The van der Waals surface area contributed by atoms with E-state index in [9.17, 15) is 26.3 Å². The van der Waals surface area contributed by atoms with Crippen molar-refractivity contribution in [1.29, 1.82) is 5.41 Å². The molecule has 0 saturated carbocycles. The third-order valence-electron chi connectivity index (χ3n) is 4.27. The summed E-state index contributed by atoms with van der Waals surface area (Å²) in [6, 6.07) is 16.7. The Morgan fingerprint density at radius 3 is 2.03 bits per heavy atom. The van der Waals surface area contributed by atoms with Crippen LogP contribution >= 0.6 is 0 Å². The lowest BCUT2D eigenvalue weighted by Crippen LogP contribution is -2.31. The number of alkyl halides is 6. The number of hydrogen-bond donors (Lipinski definition) is 2. The number of halogens is 6. The molecular weight excluding hydrogens is 422 g/mol. The molecule has 0 fully saturated rings. The fourth-order valence-electron chi connectivity index (χ4n) is 2.66. The van der Waals surface area contributed by atoms with Crippen molar-refractivity contribution < 1.29 is 31.1 Å². The van der Waals surface area contributed by atoms with E-state index in [2.05, 4.69) is 0 Å². The molecule has 0 bridgehead atoms. The third kappa shape index (κ3) is 8.74. The predicted molar refractivity (Wildman–Crippen MR) is 106 cm³/mol. The second-order valence-corrected chi connectivity index (χ2v) is 6.73. The van der Waals surface area contributed by atoms with E-state index in [1.54, 1.807) is 24.3 Å². The molecule has 0 aliphatic carbocycles. The smallest absolute Gasteiger partial charge is 0.432 e. The number of nitrogens with one attached hydrogen (secondary N) is 2. The zero-order valence-corrected chi connectivity index (χ0v) is 16.5. The second-order valence-electron chi connectivity index (χ2n) is 6.73. The normalized spacial score (nSPS) is 12.5. The lowest BCUT2D eigenvalue weighted by atomic mass is 10.1. The van der Waals surface area contributed by atoms with Crippen LogP contribution in [0.1, 0.15) is 17.5 Å². The molecule has 0 amide bonds. The summed E-state index contributed by atoms with van der Waals surface area (Å²) in [5, 5.41) is 8.68. The molecule has 168 valence electrons. The SMILES string of the molecule is N=C(/C=C(\NCCc1ccc(OCCCc2ccccc2)cc1)C(F)(F)F)C(F)(F)F. The second kappa shape index (κ2) is 10.9. The van der Waals surface area contributed by atoms with Crippen molar-refractivity contribution in [3.8, 4) is 5.75 Å². The minimum absolute atomic E-state index is 0.154. The van der Waals surface area contributed by atoms with Gasteiger partial charge in [0.15, 0.2) is 0 Å². The van der Waals surface area contributed by atoms with Crippen molar-refractivity contribution >= 4 is 5.71 Å². The number of hydrogen-bond acceptors (Lipinski definition) is 3. The number of aryl methyl sites for hydroxylation is 1. The van der Waals surface area contributed by atoms with Crippen molar-refractivity contribution in [3.05, 3.63) is 77.5 Å². The highest BCUT2D eigenvalue weighted by molar-refractivity contribution is 5.97. The number of ether oxygens (including phenoxy) is 1. The van der Waals surface area contributed by atoms with E-state index < -0.39 is 23.8 Å². The first kappa shape index (κ1) is 24.3. The van der Waals surface area contributed by atoms with Gasteiger partial charge < -0.3 is 10.1 Å². The molecule has 2 rings (SSSR count). The highest BCUT2D eigenvalue weighted by atomic mass is 19.4. The predicted octanol–water partition coefficient (Wildman–Crippen LogP) is 5.86. The van der Waals surface area contributed by atoms with Crippen LogP contribution in [0.3, 0.4) is 0 Å². The first-order valence-corrected chi connectivity index (χ1v) is 9.50. The van der Waals surface area contributed by atoms with Gasteiger partial charge in [-0.05, 0) is 48.6 Å². The minimum Gasteiger partial charge on any atom is -0.494 e. The van der Waals surface area contributed by atoms with Gasteiger partial charge in [0, 0.05) is 6.54 Å². The van der Waals surface area contributed by atoms with Crippen LogP contribution in [-0.2, 0) is 12.8 Å². The molecule has 0 aliphatic heterocycles. The molecule has 0 atom stereocenters. The van der Waals surface area contributed by atoms with Gasteiger partial charge in [0.1, 0.15) is 17.2 Å². The van der Waals surface area contributed by atoms with E-state index >= 15 is 0 Å². The highest BCUT2D eigenvalue weighted by Gasteiger charge is 2.38. The summed E-state index contributed by atoms with van der Waals surface area (Å²) < 4.78 is 81.4. The van der Waals surface area contributed by atoms with Gasteiger partial charge in [-0.1, -0.05) is 42.5 Å². The first-order chi connectivity index (χ1) is 14.6. The van der Waals surface area contributed by atoms with E-state index in [0.29, 0.717) is 17.9 Å². The fourth-order valence-corrected chi connectivity index (χ4v) is 2.66. The molecule has 0 aliphatic rings. The number of rotatable bonds is 10. The molecule has 3 nitrogen and oxygen atoms in total. The Bertz CT molecular complexity index is 858. The van der Waals surface area contributed by atoms with Crippen LogP contribution < -0.4 is 10.1 Å². The van der Waals surface area contributed by atoms with Gasteiger partial charge in [-0.25, -0.2) is 0 Å². The molecule has 0 aromatic heterocycles. The van der Waals surface area contributed by atoms with Crippen LogP contribution in [-0.4, -0.2) is 31.2 Å². The number of benzene rings is 2. The average Bonchev–Trinajstić information content (AvgIpc) is 2.70. The summed E-state index contributed by atoms with van der Waals surface area (Å²) in [5.74, 6) is 0.624. The Hall–Kier alpha value is -2.97. The van der Waals surface area contributed by atoms with Crippen molar-refractivity contribution in [2.75, 3.05) is 13.2 Å². The van der Waals surface area contributed by atoms with Gasteiger partial charge in [0.2, 0.25) is 0 Å². The molecular formula is C22H22F6N2O. The van der Waals surface area contributed by atoms with Crippen LogP contribution in [0.5, 0.6) is 5.75 Å². The molecule has 0 heterocycles. The van der Waals surface area contributed by atoms with Gasteiger partial charge in [-0.15, -0.1) is 0 Å². The Kier molecular flexibility index (Phi) is 8.53. The summed E-state index contributed by atoms with van der Waals surface area (Å²) >= 11 is 0. The molecule has 0 spiro atoms. The Balaban J connectivity index is 1.80. The highest BCUT2D eigenvalue weighted by Crippen LogP contribution is 2.26. The molecule has 2 aromatic carbocycles. The fraction of sp³-hybridized carbons (Fsp3) is 0.318. The van der Waals surface area contributed by atoms with Gasteiger partial charge in [0.05, 0.1) is 6.61 Å². The quantitative estimate of drug-likeness (QED) is 0.274. The zero-order chi connectivity index (χ0) is 22.9. The Labute approximate surface area is 176 Å². The van der Waals surface area contributed by atoms with Crippen LogP contribution in [0.4, 0.5) is 26.3 Å². The van der Waals surface area contributed by atoms with Crippen LogP contribution in [0, 0.1) is 5.41 Å². The summed E-state index contributed by atoms with van der Waals surface area (Å²) in [6.45, 7) is 0.272. The largest absolute Gasteiger partial charge is 0.494 e. The van der Waals surface area contributed by atoms with Crippen LogP contribution in [0.15, 0.2) is 66.4 Å². The monoisotopic (exact) mass is 444 g/mol. The summed E-state index contributed by atoms with van der Waals surface area (Å²) in [4.78, 5) is 0. The maximum Gasteiger partial charge on any atom is 0.432 e. The molecule has 0 radical (unpaired) electrons. The lowest BCUT2D eigenvalue weighted by molar-refractivity contribution is -0.0969. The summed E-state index contributed by atoms with van der Waals surface area (Å²) in [7, 11) is 0. The number of allylic oxidation sites excluding steroid dienone is 2. The lowest BCUT2D eigenvalue weighted by Gasteiger charge is -2.15. The first-order valence-electron chi connectivity index (χ1n) is 9.50. The zero-order valence-electron chi connectivity index (χ0n) is 16.5. The van der Waals surface area contributed by atoms with Crippen molar-refractivity contribution in [1.82, 2.24) is 5.32 Å². The maximum absolute atomic E-state index is 12.9. The molecule has 0 unspecified atom stereocenters. The molecule has 0 saturated heterocycles. The third-order valence-corrected chi connectivity index (χ3v) is 4.27. The van der Waals surface area contributed by atoms with Crippen molar-refractivity contribution in [2.45, 2.75) is 31.6 Å². The molecule has 2 N–H and O–H groups in total. The van der Waals surface area contributed by atoms with E-state index in [1.165, 1.54) is 5.56 Å². The molecule has 31 heavy (non-hydrogen) atoms. The van der Waals surface area contributed by atoms with Crippen LogP contribution in [0.25, 0.3) is 0 Å². The Morgan fingerprint density at radius 1 is 0.839 bits per heavy atom. The van der Waals surface area contributed by atoms with Gasteiger partial charge in [0.25, 0.3) is 0 Å². The molecule has 2 aromatic rings. The van der Waals surface area contributed by atoms with E-state index in [4.69, 9.17) is 10.1 Å². The Morgan fingerprint density at radius 2 is 1.45 bits per heavy atom. The van der Waals surface area contributed by atoms with Gasteiger partial charge >= 0.3 is 12.4 Å². The van der Waals surface area contributed by atoms with Crippen molar-refractivity contribution in [3.63, 3.8) is 0 Å². The average molecular weight is 444 g/mol. The topological polar surface area (TPSA) is 45.1 Å². The van der Waals surface area contributed by atoms with Crippen LogP contribution in [0.2, 0.25) is 0 Å². The van der Waals surface area contributed by atoms with Gasteiger partial charge in [-0.2, -0.15) is 26.3 Å². The maximum atomic E-state index is 12.9. The van der Waals surface area contributed by atoms with Gasteiger partial charge in [-0.3, -0.25) is 5.41 Å². The minimum atomic E-state index is -5.14.